The van der Waals surface area contributed by atoms with Crippen molar-refractivity contribution in [2.24, 2.45) is 0 Å². The van der Waals surface area contributed by atoms with Gasteiger partial charge in [0.15, 0.2) is 5.75 Å². The van der Waals surface area contributed by atoms with Crippen molar-refractivity contribution in [1.29, 1.82) is 0 Å². The summed E-state index contributed by atoms with van der Waals surface area (Å²) < 4.78 is 22.3. The van der Waals surface area contributed by atoms with Crippen LogP contribution in [0.3, 0.4) is 0 Å². The number of nitrogens with one attached hydrogen (secondary N) is 1. The standard InChI is InChI=1S/C37H53N3O7/c1-36(2,3)46-34(42)40(23-10-7-8-11-25-44-26-12-9-13-27-14-17-29(38)18-15-27)24-22-28-16-20-31(45-35(43)47-37(4,5)6)33-30(28)19-21-32(41)39-33/h14-21H,7-13,22-26,38H2,1-6H3,(H,39,41). The largest absolute Gasteiger partial charge is 0.514 e. The summed E-state index contributed by atoms with van der Waals surface area (Å²) in [6, 6.07) is 14.6. The second-order valence-electron chi connectivity index (χ2n) is 13.8. The minimum absolute atomic E-state index is 0.196. The number of H-pyrrole nitrogens is 1. The maximum absolute atomic E-state index is 13.1. The first-order chi connectivity index (χ1) is 22.2. The Hall–Kier alpha value is -4.05. The van der Waals surface area contributed by atoms with Crippen LogP contribution >= 0.6 is 0 Å². The Balaban J connectivity index is 1.49. The number of rotatable bonds is 16. The number of aryl methyl sites for hydroxylation is 1. The van der Waals surface area contributed by atoms with E-state index in [-0.39, 0.29) is 17.4 Å². The Morgan fingerprint density at radius 3 is 2.09 bits per heavy atom. The van der Waals surface area contributed by atoms with Crippen LogP contribution in [0.5, 0.6) is 5.75 Å². The zero-order valence-electron chi connectivity index (χ0n) is 29.0. The number of nitrogens with two attached hydrogens (primary N) is 1. The van der Waals surface area contributed by atoms with E-state index in [2.05, 4.69) is 17.1 Å². The van der Waals surface area contributed by atoms with Crippen LogP contribution in [0.15, 0.2) is 53.3 Å². The van der Waals surface area contributed by atoms with Crippen LogP contribution in [-0.2, 0) is 27.1 Å². The van der Waals surface area contributed by atoms with Crippen molar-refractivity contribution in [2.75, 3.05) is 32.0 Å². The highest BCUT2D eigenvalue weighted by atomic mass is 16.7. The molecule has 2 aromatic carbocycles. The third-order valence-electron chi connectivity index (χ3n) is 7.28. The van der Waals surface area contributed by atoms with Crippen LogP contribution in [0.1, 0.15) is 91.2 Å². The fraction of sp³-hybridized carbons (Fsp3) is 0.541. The number of hydrogen-bond acceptors (Lipinski definition) is 8. The van der Waals surface area contributed by atoms with E-state index in [0.717, 1.165) is 74.8 Å². The SMILES string of the molecule is CC(C)(C)OC(=O)Oc1ccc(CCN(CCCCCCOCCCCc2ccc(N)cc2)C(=O)OC(C)(C)C)c2ccc(=O)[nH]c12. The number of amides is 1. The fourth-order valence-corrected chi connectivity index (χ4v) is 5.01. The molecule has 0 aliphatic heterocycles. The number of aromatic nitrogens is 1. The lowest BCUT2D eigenvalue weighted by atomic mass is 10.0. The number of aromatic amines is 1. The van der Waals surface area contributed by atoms with Crippen LogP contribution < -0.4 is 16.0 Å². The van der Waals surface area contributed by atoms with Gasteiger partial charge in [-0.1, -0.05) is 31.0 Å². The molecule has 0 fully saturated rings. The number of carbonyl (C=O) groups excluding carboxylic acids is 2. The molecule has 10 heteroatoms. The molecule has 0 radical (unpaired) electrons. The van der Waals surface area contributed by atoms with Crippen molar-refractivity contribution in [2.45, 2.75) is 104 Å². The highest BCUT2D eigenvalue weighted by Gasteiger charge is 2.23. The molecule has 258 valence electrons. The summed E-state index contributed by atoms with van der Waals surface area (Å²) in [6.07, 6.45) is 6.26. The van der Waals surface area contributed by atoms with Gasteiger partial charge in [-0.15, -0.1) is 0 Å². The molecule has 0 saturated carbocycles. The average Bonchev–Trinajstić information content (AvgIpc) is 2.97. The average molecular weight is 652 g/mol. The van der Waals surface area contributed by atoms with E-state index in [1.807, 2.05) is 39.0 Å². The number of nitrogen functional groups attached to an aromatic ring is 1. The highest BCUT2D eigenvalue weighted by molar-refractivity contribution is 5.89. The molecule has 0 saturated heterocycles. The van der Waals surface area contributed by atoms with Crippen LogP contribution in [0.25, 0.3) is 10.9 Å². The lowest BCUT2D eigenvalue weighted by Gasteiger charge is -2.27. The maximum Gasteiger partial charge on any atom is 0.514 e. The Morgan fingerprint density at radius 1 is 0.745 bits per heavy atom. The van der Waals surface area contributed by atoms with Crippen LogP contribution in [0.2, 0.25) is 0 Å². The van der Waals surface area contributed by atoms with Crippen molar-refractivity contribution in [3.8, 4) is 5.75 Å². The molecule has 3 rings (SSSR count). The number of anilines is 1. The van der Waals surface area contributed by atoms with E-state index < -0.39 is 17.4 Å². The van der Waals surface area contributed by atoms with Crippen LogP contribution in [0, 0.1) is 0 Å². The lowest BCUT2D eigenvalue weighted by molar-refractivity contribution is 0.0205. The molecule has 1 amide bonds. The van der Waals surface area contributed by atoms with Gasteiger partial charge in [-0.25, -0.2) is 9.59 Å². The highest BCUT2D eigenvalue weighted by Crippen LogP contribution is 2.28. The van der Waals surface area contributed by atoms with Gasteiger partial charge in [0.05, 0.1) is 5.52 Å². The Kier molecular flexibility index (Phi) is 14.1. The van der Waals surface area contributed by atoms with Gasteiger partial charge in [-0.2, -0.15) is 0 Å². The minimum Gasteiger partial charge on any atom is -0.444 e. The van der Waals surface area contributed by atoms with Gasteiger partial charge in [0, 0.05) is 43.4 Å². The summed E-state index contributed by atoms with van der Waals surface area (Å²) >= 11 is 0. The number of fused-ring (bicyclic) bond motifs is 1. The molecular weight excluding hydrogens is 598 g/mol. The monoisotopic (exact) mass is 651 g/mol. The Morgan fingerprint density at radius 2 is 1.40 bits per heavy atom. The zero-order chi connectivity index (χ0) is 34.5. The summed E-state index contributed by atoms with van der Waals surface area (Å²) in [6.45, 7) is 13.3. The minimum atomic E-state index is -0.857. The number of benzene rings is 2. The molecule has 0 aliphatic rings. The molecule has 3 N–H and O–H groups in total. The first-order valence-corrected chi connectivity index (χ1v) is 16.7. The van der Waals surface area contributed by atoms with Crippen molar-refractivity contribution in [3.63, 3.8) is 0 Å². The van der Waals surface area contributed by atoms with E-state index in [1.165, 1.54) is 11.6 Å². The molecular formula is C37H53N3O7. The molecule has 1 heterocycles. The van der Waals surface area contributed by atoms with E-state index in [1.54, 1.807) is 37.8 Å². The third kappa shape index (κ3) is 14.1. The van der Waals surface area contributed by atoms with E-state index in [0.29, 0.717) is 25.0 Å². The molecule has 0 atom stereocenters. The summed E-state index contributed by atoms with van der Waals surface area (Å²) in [7, 11) is 0. The lowest BCUT2D eigenvalue weighted by Crippen LogP contribution is -2.38. The number of pyridine rings is 1. The van der Waals surface area contributed by atoms with Gasteiger partial charge in [0.25, 0.3) is 0 Å². The van der Waals surface area contributed by atoms with E-state index in [9.17, 15) is 14.4 Å². The Labute approximate surface area is 278 Å². The first kappa shape index (κ1) is 37.4. The summed E-state index contributed by atoms with van der Waals surface area (Å²) in [5.74, 6) is 0.196. The van der Waals surface area contributed by atoms with Crippen molar-refractivity contribution >= 4 is 28.8 Å². The van der Waals surface area contributed by atoms with Gasteiger partial charge in [0.1, 0.15) is 11.2 Å². The molecule has 1 aromatic heterocycles. The summed E-state index contributed by atoms with van der Waals surface area (Å²) in [5, 5.41) is 0.722. The molecule has 47 heavy (non-hydrogen) atoms. The maximum atomic E-state index is 13.1. The number of unbranched alkanes of at least 4 members (excludes halogenated alkanes) is 4. The van der Waals surface area contributed by atoms with Crippen molar-refractivity contribution in [3.05, 3.63) is 70.0 Å². The number of hydrogen-bond donors (Lipinski definition) is 2. The smallest absolute Gasteiger partial charge is 0.444 e. The van der Waals surface area contributed by atoms with E-state index >= 15 is 0 Å². The second-order valence-corrected chi connectivity index (χ2v) is 13.8. The number of ether oxygens (including phenoxy) is 4. The second kappa shape index (κ2) is 17.8. The molecule has 0 spiro atoms. The Bertz CT molecular complexity index is 1490. The van der Waals surface area contributed by atoms with Gasteiger partial charge >= 0.3 is 12.2 Å². The van der Waals surface area contributed by atoms with Crippen LogP contribution in [0.4, 0.5) is 15.3 Å². The first-order valence-electron chi connectivity index (χ1n) is 16.7. The van der Waals surface area contributed by atoms with Gasteiger partial charge in [0.2, 0.25) is 5.56 Å². The van der Waals surface area contributed by atoms with Gasteiger partial charge < -0.3 is 34.6 Å². The van der Waals surface area contributed by atoms with Crippen molar-refractivity contribution < 1.29 is 28.5 Å². The fourth-order valence-electron chi connectivity index (χ4n) is 5.01. The molecule has 0 bridgehead atoms. The van der Waals surface area contributed by atoms with Gasteiger partial charge in [-0.3, -0.25) is 4.79 Å². The predicted octanol–water partition coefficient (Wildman–Crippen LogP) is 7.80. The summed E-state index contributed by atoms with van der Waals surface area (Å²) in [4.78, 5) is 42.2. The molecule has 0 unspecified atom stereocenters. The topological polar surface area (TPSA) is 133 Å². The number of carbonyl (C=O) groups is 2. The normalized spacial score (nSPS) is 11.8. The number of nitrogens with zero attached hydrogens (tertiary/aromatic N) is 1. The third-order valence-corrected chi connectivity index (χ3v) is 7.28. The molecule has 0 aliphatic carbocycles. The van der Waals surface area contributed by atoms with Gasteiger partial charge in [-0.05, 0) is 115 Å². The van der Waals surface area contributed by atoms with E-state index in [4.69, 9.17) is 24.7 Å². The van der Waals surface area contributed by atoms with Crippen LogP contribution in [-0.4, -0.2) is 59.6 Å². The quantitative estimate of drug-likeness (QED) is 0.0694. The summed E-state index contributed by atoms with van der Waals surface area (Å²) in [5.41, 5.74) is 7.47. The molecule has 3 aromatic rings. The zero-order valence-corrected chi connectivity index (χ0v) is 29.0. The predicted molar refractivity (Wildman–Crippen MR) is 186 cm³/mol. The molecule has 10 nitrogen and oxygen atoms in total. The van der Waals surface area contributed by atoms with Crippen molar-refractivity contribution in [1.82, 2.24) is 9.88 Å².